The van der Waals surface area contributed by atoms with Crippen molar-refractivity contribution in [2.24, 2.45) is 0 Å². The molecule has 15 atom stereocenters. The smallest absolute Gasteiger partial charge is 0.252 e. The van der Waals surface area contributed by atoms with Crippen molar-refractivity contribution in [3.63, 3.8) is 0 Å². The van der Waals surface area contributed by atoms with Gasteiger partial charge in [-0.15, -0.1) is 0 Å². The van der Waals surface area contributed by atoms with Crippen molar-refractivity contribution in [1.82, 2.24) is 31.9 Å². The first-order chi connectivity index (χ1) is 40.9. The summed E-state index contributed by atoms with van der Waals surface area (Å²) < 4.78 is 77.3. The van der Waals surface area contributed by atoms with Crippen LogP contribution in [-0.2, 0) is 105 Å². The lowest BCUT2D eigenvalue weighted by Crippen LogP contribution is -2.58. The molecule has 7 fully saturated rings. The average Bonchev–Trinajstić information content (AvgIpc) is 1.72. The fourth-order valence-electron chi connectivity index (χ4n) is 12.5. The highest BCUT2D eigenvalue weighted by Crippen LogP contribution is 2.42. The molecule has 7 aliphatic heterocycles. The molecule has 3 aromatic rings. The van der Waals surface area contributed by atoms with Crippen LogP contribution in [0.4, 0.5) is 0 Å². The second kappa shape index (κ2) is 25.1. The van der Waals surface area contributed by atoms with E-state index in [0.29, 0.717) is 0 Å². The van der Waals surface area contributed by atoms with Gasteiger partial charge in [0, 0.05) is 38.9 Å². The largest absolute Gasteiger partial charge is 0.352 e. The van der Waals surface area contributed by atoms with Gasteiger partial charge >= 0.3 is 0 Å². The van der Waals surface area contributed by atoms with Crippen LogP contribution in [-0.4, -0.2) is 181 Å². The van der Waals surface area contributed by atoms with Crippen LogP contribution in [0, 0.1) is 0 Å². The minimum Gasteiger partial charge on any atom is -0.352 e. The molecule has 24 nitrogen and oxygen atoms in total. The van der Waals surface area contributed by atoms with Gasteiger partial charge in [0.25, 0.3) is 17.7 Å². The summed E-state index contributed by atoms with van der Waals surface area (Å²) in [4.78, 5) is 88.9. The zero-order chi connectivity index (χ0) is 62.4. The van der Waals surface area contributed by atoms with Crippen molar-refractivity contribution >= 4 is 35.4 Å². The monoisotopic (exact) mass is 1210 g/mol. The molecular weight excluding hydrogens is 1130 g/mol. The van der Waals surface area contributed by atoms with Crippen LogP contribution in [0.2, 0.25) is 0 Å². The summed E-state index contributed by atoms with van der Waals surface area (Å²) >= 11 is 0. The van der Waals surface area contributed by atoms with Crippen molar-refractivity contribution in [3.8, 4) is 0 Å². The van der Waals surface area contributed by atoms with E-state index in [1.165, 1.54) is 0 Å². The molecule has 0 unspecified atom stereocenters. The molecule has 0 radical (unpaired) electrons. The number of hydrogen-bond acceptors (Lipinski definition) is 18. The maximum atomic E-state index is 14.9. The molecule has 10 rings (SSSR count). The van der Waals surface area contributed by atoms with Crippen molar-refractivity contribution < 1.29 is 85.6 Å². The third-order valence-corrected chi connectivity index (χ3v) is 16.0. The molecule has 7 heterocycles. The number of nitrogens with one attached hydrogen (secondary N) is 6. The maximum absolute atomic E-state index is 14.9. The number of carbonyl (C=O) groups excluding carboxylic acids is 6. The van der Waals surface area contributed by atoms with Gasteiger partial charge in [-0.3, -0.25) is 28.8 Å². The van der Waals surface area contributed by atoms with Gasteiger partial charge in [0.15, 0.2) is 53.0 Å². The lowest BCUT2D eigenvalue weighted by Gasteiger charge is -2.29. The van der Waals surface area contributed by atoms with Crippen LogP contribution in [0.25, 0.3) is 0 Å². The first kappa shape index (κ1) is 64.0. The molecular formula is C63H84N6O18. The van der Waals surface area contributed by atoms with E-state index < -0.39 is 162 Å². The standard InChI is InChI=1S/C63H84N6O18/c1-58(2)76-40-31-64-52(70)37(28-34-22-16-13-17-23-34)68-56(74)50-47(83-62(9,10)86-50)44-42(78-60(5,6)80-44)33-66-54(72)39(30-36-26-20-15-21-27-36)69-57(75)51-48(84-63(11,12)87-51)45-41(77-59(3,4)81-45)32-65-53(71)38(29-35-24-18-14-19-25-35)67-55(73)49-46(43(40)79-58)82-61(7,8)85-49/h13-27,37-51H,28-33H2,1-12H3,(H,64,70)(H,65,71)(H,66,72)(H,67,73)(H,68,74)(H,69,75)/t37-,38-,39-,40+,41+,42+,43-,44-,45-,46-,47-,48-,49+,50+,51+/m0/s1. The number of carbonyl (C=O) groups is 6. The highest BCUT2D eigenvalue weighted by atomic mass is 16.8. The van der Waals surface area contributed by atoms with Gasteiger partial charge in [-0.2, -0.15) is 0 Å². The summed E-state index contributed by atoms with van der Waals surface area (Å²) in [6, 6.07) is 23.8. The van der Waals surface area contributed by atoms with Crippen LogP contribution in [0.15, 0.2) is 91.0 Å². The van der Waals surface area contributed by atoms with Crippen LogP contribution in [0.5, 0.6) is 0 Å². The Kier molecular flexibility index (Phi) is 18.5. The van der Waals surface area contributed by atoms with Gasteiger partial charge in [0.1, 0.15) is 73.1 Å². The van der Waals surface area contributed by atoms with Crippen molar-refractivity contribution in [1.29, 1.82) is 0 Å². The van der Waals surface area contributed by atoms with Crippen LogP contribution >= 0.6 is 0 Å². The number of hydrogen-bond donors (Lipinski definition) is 6. The molecule has 87 heavy (non-hydrogen) atoms. The van der Waals surface area contributed by atoms with E-state index in [-0.39, 0.29) is 38.9 Å². The van der Waals surface area contributed by atoms with Gasteiger partial charge in [-0.25, -0.2) is 0 Å². The third kappa shape index (κ3) is 15.5. The van der Waals surface area contributed by atoms with Crippen LogP contribution < -0.4 is 31.9 Å². The van der Waals surface area contributed by atoms with Gasteiger partial charge in [0.05, 0.1) is 0 Å². The lowest BCUT2D eigenvalue weighted by molar-refractivity contribution is -0.175. The second-order valence-corrected chi connectivity index (χ2v) is 26.0. The maximum Gasteiger partial charge on any atom is 0.252 e. The van der Waals surface area contributed by atoms with Crippen LogP contribution in [0.1, 0.15) is 99.8 Å². The molecule has 0 spiro atoms. The second-order valence-electron chi connectivity index (χ2n) is 26.0. The van der Waals surface area contributed by atoms with Gasteiger partial charge < -0.3 is 88.7 Å². The summed E-state index contributed by atoms with van der Waals surface area (Å²) in [6.07, 6.45) is -13.3. The number of fused-ring (bicyclic) bond motifs is 9. The topological polar surface area (TPSA) is 285 Å². The highest BCUT2D eigenvalue weighted by molar-refractivity contribution is 5.92. The Labute approximate surface area is 507 Å². The molecule has 0 saturated carbocycles. The first-order valence-corrected chi connectivity index (χ1v) is 29.9. The molecule has 24 heteroatoms. The SMILES string of the molecule is CC1(C)O[C@@H]2[C@@H]3OC(C)(C)O[C@H]3C(=O)N[C@@H](Cc3ccccc3)C(=O)NC[C@H]3OC(C)(C)O[C@@H]3[C@@H]3OC(C)(C)O[C@H]3C(=O)N[C@@H](Cc3ccccc3)C(=O)NC[C@H]3OC(C)(C)O[C@@H]3[C@@H]3OC(C)(C)O[C@H]3C(=O)N[C@@H](Cc3ccccc3)C(=O)NC[C@H]2O1. The molecule has 7 saturated heterocycles. The van der Waals surface area contributed by atoms with Crippen molar-refractivity contribution in [3.05, 3.63) is 108 Å². The van der Waals surface area contributed by atoms with E-state index in [9.17, 15) is 28.8 Å². The van der Waals surface area contributed by atoms with E-state index in [0.717, 1.165) is 16.7 Å². The molecule has 7 aliphatic rings. The van der Waals surface area contributed by atoms with Crippen LogP contribution in [0.3, 0.4) is 0 Å². The van der Waals surface area contributed by atoms with Gasteiger partial charge in [0.2, 0.25) is 17.7 Å². The Morgan fingerprint density at radius 1 is 0.299 bits per heavy atom. The Hall–Kier alpha value is -6.00. The lowest BCUT2D eigenvalue weighted by atomic mass is 9.99. The number of ether oxygens (including phenoxy) is 12. The van der Waals surface area contributed by atoms with E-state index >= 15 is 0 Å². The van der Waals surface area contributed by atoms with Gasteiger partial charge in [-0.1, -0.05) is 91.0 Å². The first-order valence-electron chi connectivity index (χ1n) is 29.9. The average molecular weight is 1210 g/mol. The molecule has 0 bridgehead atoms. The number of rotatable bonds is 6. The minimum atomic E-state index is -1.37. The molecule has 6 N–H and O–H groups in total. The molecule has 3 aromatic carbocycles. The van der Waals surface area contributed by atoms with E-state index in [1.54, 1.807) is 83.1 Å². The predicted molar refractivity (Wildman–Crippen MR) is 308 cm³/mol. The van der Waals surface area contributed by atoms with E-state index in [4.69, 9.17) is 56.8 Å². The number of benzene rings is 3. The number of amides is 6. The zero-order valence-corrected chi connectivity index (χ0v) is 51.4. The Bertz CT molecular complexity index is 2650. The Morgan fingerprint density at radius 3 is 0.759 bits per heavy atom. The van der Waals surface area contributed by atoms with Gasteiger partial charge in [-0.05, 0) is 99.8 Å². The summed E-state index contributed by atoms with van der Waals surface area (Å²) in [6.45, 7) is 19.5. The fraction of sp³-hybridized carbons (Fsp3) is 0.619. The normalized spacial score (nSPS) is 35.9. The minimum absolute atomic E-state index is 0.0501. The van der Waals surface area contributed by atoms with Crippen molar-refractivity contribution in [2.75, 3.05) is 19.6 Å². The quantitative estimate of drug-likeness (QED) is 0.207. The fourth-order valence-corrected chi connectivity index (χ4v) is 12.5. The Morgan fingerprint density at radius 2 is 0.517 bits per heavy atom. The molecule has 0 aliphatic carbocycles. The molecule has 474 valence electrons. The highest BCUT2D eigenvalue weighted by Gasteiger charge is 2.60. The summed E-state index contributed by atoms with van der Waals surface area (Å²) in [7, 11) is 0. The third-order valence-electron chi connectivity index (χ3n) is 16.0. The summed E-state index contributed by atoms with van der Waals surface area (Å²) in [5, 5.41) is 17.7. The molecule has 0 aromatic heterocycles. The van der Waals surface area contributed by atoms with E-state index in [1.807, 2.05) is 91.0 Å². The van der Waals surface area contributed by atoms with Crippen molar-refractivity contribution in [2.45, 2.75) is 228 Å². The Balaban J connectivity index is 0.999. The molecule has 6 amide bonds. The van der Waals surface area contributed by atoms with E-state index in [2.05, 4.69) is 31.9 Å². The summed E-state index contributed by atoms with van der Waals surface area (Å²) in [5.41, 5.74) is 2.20. The predicted octanol–water partition coefficient (Wildman–Crippen LogP) is 2.65. The summed E-state index contributed by atoms with van der Waals surface area (Å²) in [5.74, 6) is -11.6. The zero-order valence-electron chi connectivity index (χ0n) is 51.4.